The first-order valence-electron chi connectivity index (χ1n) is 3.98. The fourth-order valence-electron chi connectivity index (χ4n) is 0.687. The lowest BCUT2D eigenvalue weighted by Crippen LogP contribution is -2.03. The van der Waals surface area contributed by atoms with Gasteiger partial charge in [0.15, 0.2) is 0 Å². The molecule has 0 aliphatic carbocycles. The van der Waals surface area contributed by atoms with Gasteiger partial charge in [-0.1, -0.05) is 0 Å². The molecule has 0 spiro atoms. The highest BCUT2D eigenvalue weighted by Gasteiger charge is 1.94. The molecule has 0 N–H and O–H groups in total. The van der Waals surface area contributed by atoms with Gasteiger partial charge >= 0.3 is 0 Å². The van der Waals surface area contributed by atoms with Crippen molar-refractivity contribution in [2.75, 3.05) is 26.9 Å². The van der Waals surface area contributed by atoms with Crippen LogP contribution >= 0.6 is 0 Å². The van der Waals surface area contributed by atoms with E-state index in [2.05, 4.69) is 4.74 Å². The van der Waals surface area contributed by atoms with Crippen molar-refractivity contribution in [2.45, 2.75) is 26.2 Å². The Morgan fingerprint density at radius 1 is 1.20 bits per heavy atom. The van der Waals surface area contributed by atoms with Gasteiger partial charge < -0.3 is 9.47 Å². The highest BCUT2D eigenvalue weighted by atomic mass is 16.5. The average Bonchev–Trinajstić information content (AvgIpc) is 2.08. The van der Waals surface area contributed by atoms with E-state index < -0.39 is 0 Å². The zero-order valence-corrected chi connectivity index (χ0v) is 7.06. The fourth-order valence-corrected chi connectivity index (χ4v) is 0.687. The summed E-state index contributed by atoms with van der Waals surface area (Å²) in [7, 11) is 1.68. The third-order valence-corrected chi connectivity index (χ3v) is 1.37. The van der Waals surface area contributed by atoms with Crippen molar-refractivity contribution >= 4 is 0 Å². The zero-order chi connectivity index (χ0) is 7.66. The van der Waals surface area contributed by atoms with Crippen LogP contribution in [0.15, 0.2) is 0 Å². The maximum Gasteiger partial charge on any atom is 0.0466 e. The highest BCUT2D eigenvalue weighted by Crippen LogP contribution is 2.02. The molecule has 1 fully saturated rings. The maximum atomic E-state index is 5.07. The molecule has 1 saturated heterocycles. The zero-order valence-electron chi connectivity index (χ0n) is 7.06. The van der Waals surface area contributed by atoms with Crippen LogP contribution in [-0.4, -0.2) is 26.9 Å². The Kier molecular flexibility index (Phi) is 8.85. The predicted octanol–water partition coefficient (Wildman–Crippen LogP) is 1.84. The molecule has 0 bridgehead atoms. The minimum absolute atomic E-state index is 0.819. The summed E-state index contributed by atoms with van der Waals surface area (Å²) in [5.74, 6) is 0. The van der Waals surface area contributed by atoms with Crippen molar-refractivity contribution in [2.24, 2.45) is 0 Å². The van der Waals surface area contributed by atoms with Crippen LogP contribution in [0.1, 0.15) is 26.2 Å². The average molecular weight is 146 g/mol. The van der Waals surface area contributed by atoms with E-state index in [-0.39, 0.29) is 0 Å². The summed E-state index contributed by atoms with van der Waals surface area (Å²) in [5.41, 5.74) is 0. The Morgan fingerprint density at radius 2 is 1.70 bits per heavy atom. The summed E-state index contributed by atoms with van der Waals surface area (Å²) < 4.78 is 9.61. The quantitative estimate of drug-likeness (QED) is 0.562. The highest BCUT2D eigenvalue weighted by molar-refractivity contribution is 4.45. The molecule has 1 aliphatic rings. The van der Waals surface area contributed by atoms with Gasteiger partial charge in [0.1, 0.15) is 0 Å². The number of hydrogen-bond donors (Lipinski definition) is 0. The lowest BCUT2D eigenvalue weighted by Gasteiger charge is -2.08. The SMILES string of the molecule is C1CCOCC1.CCOC. The Bertz CT molecular complexity index is 37.7. The van der Waals surface area contributed by atoms with Crippen molar-refractivity contribution in [3.63, 3.8) is 0 Å². The topological polar surface area (TPSA) is 18.5 Å². The number of ether oxygens (including phenoxy) is 2. The van der Waals surface area contributed by atoms with Crippen LogP contribution in [0.3, 0.4) is 0 Å². The normalized spacial score (nSPS) is 17.4. The summed E-state index contributed by atoms with van der Waals surface area (Å²) in [5, 5.41) is 0. The molecule has 0 aromatic carbocycles. The van der Waals surface area contributed by atoms with Crippen molar-refractivity contribution in [3.8, 4) is 0 Å². The molecule has 0 unspecified atom stereocenters. The monoisotopic (exact) mass is 146 g/mol. The number of rotatable bonds is 1. The van der Waals surface area contributed by atoms with E-state index in [9.17, 15) is 0 Å². The standard InChI is InChI=1S/C5H10O.C3H8O/c1-2-4-6-5-3-1;1-3-4-2/h1-5H2;3H2,1-2H3. The summed E-state index contributed by atoms with van der Waals surface area (Å²) in [6.07, 6.45) is 3.93. The van der Waals surface area contributed by atoms with Gasteiger partial charge in [-0.05, 0) is 26.2 Å². The van der Waals surface area contributed by atoms with E-state index >= 15 is 0 Å². The molecule has 1 heterocycles. The molecule has 2 nitrogen and oxygen atoms in total. The second-order valence-corrected chi connectivity index (χ2v) is 2.25. The molecule has 0 amide bonds. The van der Waals surface area contributed by atoms with Crippen LogP contribution in [0.5, 0.6) is 0 Å². The predicted molar refractivity (Wildman–Crippen MR) is 42.2 cm³/mol. The lowest BCUT2D eigenvalue weighted by molar-refractivity contribution is 0.0968. The van der Waals surface area contributed by atoms with Crippen molar-refractivity contribution in [1.82, 2.24) is 0 Å². The van der Waals surface area contributed by atoms with Gasteiger partial charge in [0.2, 0.25) is 0 Å². The first-order chi connectivity index (χ1) is 4.91. The van der Waals surface area contributed by atoms with Crippen LogP contribution < -0.4 is 0 Å². The first-order valence-corrected chi connectivity index (χ1v) is 3.98. The van der Waals surface area contributed by atoms with Gasteiger partial charge in [0.25, 0.3) is 0 Å². The summed E-state index contributed by atoms with van der Waals surface area (Å²) in [4.78, 5) is 0. The van der Waals surface area contributed by atoms with Gasteiger partial charge in [0, 0.05) is 26.9 Å². The Labute approximate surface area is 63.5 Å². The van der Waals surface area contributed by atoms with E-state index in [0.717, 1.165) is 19.8 Å². The summed E-state index contributed by atoms with van der Waals surface area (Å²) >= 11 is 0. The second kappa shape index (κ2) is 8.92. The first kappa shape index (κ1) is 9.92. The molecule has 1 aliphatic heterocycles. The van der Waals surface area contributed by atoms with Gasteiger partial charge in [-0.15, -0.1) is 0 Å². The minimum atomic E-state index is 0.819. The molecule has 62 valence electrons. The van der Waals surface area contributed by atoms with E-state index in [4.69, 9.17) is 4.74 Å². The molecule has 2 heteroatoms. The molecule has 0 saturated carbocycles. The molecule has 1 rings (SSSR count). The third kappa shape index (κ3) is 7.92. The van der Waals surface area contributed by atoms with E-state index in [1.807, 2.05) is 6.92 Å². The number of hydrogen-bond acceptors (Lipinski definition) is 2. The maximum absolute atomic E-state index is 5.07. The van der Waals surface area contributed by atoms with Crippen LogP contribution in [0, 0.1) is 0 Å². The molecular weight excluding hydrogens is 128 g/mol. The Hall–Kier alpha value is -0.0800. The van der Waals surface area contributed by atoms with Crippen molar-refractivity contribution in [1.29, 1.82) is 0 Å². The molecule has 0 aromatic heterocycles. The minimum Gasteiger partial charge on any atom is -0.385 e. The van der Waals surface area contributed by atoms with Crippen LogP contribution in [0.2, 0.25) is 0 Å². The largest absolute Gasteiger partial charge is 0.385 e. The summed E-state index contributed by atoms with van der Waals surface area (Å²) in [6, 6.07) is 0. The van der Waals surface area contributed by atoms with Crippen molar-refractivity contribution < 1.29 is 9.47 Å². The fraction of sp³-hybridized carbons (Fsp3) is 1.00. The van der Waals surface area contributed by atoms with E-state index in [1.165, 1.54) is 19.3 Å². The van der Waals surface area contributed by atoms with E-state index in [1.54, 1.807) is 7.11 Å². The summed E-state index contributed by atoms with van der Waals surface area (Å²) in [6.45, 7) is 4.78. The van der Waals surface area contributed by atoms with Crippen molar-refractivity contribution in [3.05, 3.63) is 0 Å². The van der Waals surface area contributed by atoms with Crippen LogP contribution in [0.4, 0.5) is 0 Å². The van der Waals surface area contributed by atoms with Crippen LogP contribution in [0.25, 0.3) is 0 Å². The van der Waals surface area contributed by atoms with Gasteiger partial charge in [-0.3, -0.25) is 0 Å². The van der Waals surface area contributed by atoms with Gasteiger partial charge in [-0.2, -0.15) is 0 Å². The smallest absolute Gasteiger partial charge is 0.0466 e. The lowest BCUT2D eigenvalue weighted by atomic mass is 10.2. The molecule has 10 heavy (non-hydrogen) atoms. The molecular formula is C8H18O2. The second-order valence-electron chi connectivity index (χ2n) is 2.25. The van der Waals surface area contributed by atoms with Crippen LogP contribution in [-0.2, 0) is 9.47 Å². The van der Waals surface area contributed by atoms with Gasteiger partial charge in [-0.25, -0.2) is 0 Å². The third-order valence-electron chi connectivity index (χ3n) is 1.37. The van der Waals surface area contributed by atoms with E-state index in [0.29, 0.717) is 0 Å². The Balaban J connectivity index is 0.000000180. The number of methoxy groups -OCH3 is 1. The molecule has 0 aromatic rings. The molecule has 0 atom stereocenters. The molecule has 0 radical (unpaired) electrons. The van der Waals surface area contributed by atoms with Gasteiger partial charge in [0.05, 0.1) is 0 Å². The Morgan fingerprint density at radius 3 is 1.80 bits per heavy atom.